The van der Waals surface area contributed by atoms with Crippen LogP contribution in [0.15, 0.2) is 50.3 Å². The molecular weight excluding hydrogens is 494 g/mol. The average Bonchev–Trinajstić information content (AvgIpc) is 3.39. The van der Waals surface area contributed by atoms with Crippen LogP contribution in [0.3, 0.4) is 0 Å². The SMILES string of the molecule is C=C.C=C(O)c1cnc2c(c1)C[C@@]1(C2)C(=O)Nc2ncc(/C=C/CN(C)CCN(C)C(=O)OC(C)(C)C)cc21. The number of nitrogens with zero attached hydrogens (tertiary/aromatic N) is 4. The van der Waals surface area contributed by atoms with E-state index in [1.54, 1.807) is 24.3 Å². The standard InChI is InChI=1S/C28H35N5O4.C2H4/c1-18(34)21-13-20-14-28(15-23(20)29-17-21)22-12-19(16-30-24(22)31-25(28)35)8-7-9-32(5)10-11-33(6)26(36)37-27(2,3)4;1-2/h7-8,12-13,16-17,34H,1,9-11,14-15H2,2-6H3,(H,30,31,35);1-2H2/b8-7+;/t28-;/m0./s1. The maximum Gasteiger partial charge on any atom is 0.410 e. The Bertz CT molecular complexity index is 1280. The maximum atomic E-state index is 13.1. The highest BCUT2D eigenvalue weighted by Gasteiger charge is 2.51. The highest BCUT2D eigenvalue weighted by molar-refractivity contribution is 6.06. The zero-order valence-corrected chi connectivity index (χ0v) is 23.6. The van der Waals surface area contributed by atoms with Crippen molar-refractivity contribution in [2.45, 2.75) is 44.6 Å². The Labute approximate surface area is 230 Å². The molecule has 4 rings (SSSR count). The van der Waals surface area contributed by atoms with Gasteiger partial charge in [0.1, 0.15) is 17.2 Å². The first kappa shape index (κ1) is 29.6. The van der Waals surface area contributed by atoms with Crippen molar-refractivity contribution < 1.29 is 19.4 Å². The predicted octanol–water partition coefficient (Wildman–Crippen LogP) is 4.61. The molecule has 1 atom stereocenters. The number of aromatic nitrogens is 2. The summed E-state index contributed by atoms with van der Waals surface area (Å²) >= 11 is 0. The first-order valence-electron chi connectivity index (χ1n) is 12.9. The predicted molar refractivity (Wildman–Crippen MR) is 155 cm³/mol. The second-order valence-corrected chi connectivity index (χ2v) is 10.9. The van der Waals surface area contributed by atoms with Gasteiger partial charge in [-0.15, -0.1) is 13.2 Å². The van der Waals surface area contributed by atoms with E-state index in [2.05, 4.69) is 39.9 Å². The van der Waals surface area contributed by atoms with Crippen LogP contribution in [0.2, 0.25) is 0 Å². The second kappa shape index (κ2) is 11.8. The number of carbonyl (C=O) groups excluding carboxylic acids is 2. The minimum absolute atomic E-state index is 0.0388. The van der Waals surface area contributed by atoms with Gasteiger partial charge in [0.2, 0.25) is 5.91 Å². The fraction of sp³-hybridized carbons (Fsp3) is 0.400. The quantitative estimate of drug-likeness (QED) is 0.395. The lowest BCUT2D eigenvalue weighted by Gasteiger charge is -2.26. The van der Waals surface area contributed by atoms with Crippen molar-refractivity contribution in [2.75, 3.05) is 39.0 Å². The summed E-state index contributed by atoms with van der Waals surface area (Å²) in [5.41, 5.74) is 2.86. The first-order valence-corrected chi connectivity index (χ1v) is 12.9. The monoisotopic (exact) mass is 533 g/mol. The zero-order valence-electron chi connectivity index (χ0n) is 23.6. The molecule has 1 spiro atoms. The second-order valence-electron chi connectivity index (χ2n) is 10.9. The molecule has 1 aliphatic heterocycles. The molecule has 0 saturated heterocycles. The van der Waals surface area contributed by atoms with Gasteiger partial charge in [0.05, 0.1) is 5.41 Å². The summed E-state index contributed by atoms with van der Waals surface area (Å²) in [4.78, 5) is 37.9. The van der Waals surface area contributed by atoms with Gasteiger partial charge in [0.25, 0.3) is 0 Å². The van der Waals surface area contributed by atoms with Crippen LogP contribution in [0.4, 0.5) is 10.6 Å². The molecule has 0 aromatic carbocycles. The maximum absolute atomic E-state index is 13.1. The number of anilines is 1. The molecule has 0 unspecified atom stereocenters. The van der Waals surface area contributed by atoms with Crippen LogP contribution in [0.5, 0.6) is 0 Å². The summed E-state index contributed by atoms with van der Waals surface area (Å²) < 4.78 is 5.39. The molecule has 9 nitrogen and oxygen atoms in total. The Morgan fingerprint density at radius 2 is 1.90 bits per heavy atom. The van der Waals surface area contributed by atoms with Crippen LogP contribution >= 0.6 is 0 Å². The Morgan fingerprint density at radius 3 is 2.56 bits per heavy atom. The van der Waals surface area contributed by atoms with Gasteiger partial charge < -0.3 is 25.0 Å². The van der Waals surface area contributed by atoms with Crippen LogP contribution in [0.25, 0.3) is 11.8 Å². The summed E-state index contributed by atoms with van der Waals surface area (Å²) in [6.07, 6.45) is 8.02. The number of hydrogen-bond acceptors (Lipinski definition) is 7. The summed E-state index contributed by atoms with van der Waals surface area (Å²) in [6, 6.07) is 3.88. The lowest BCUT2D eigenvalue weighted by Crippen LogP contribution is -2.38. The molecular formula is C30H39N5O4. The number of rotatable bonds is 7. The molecule has 1 aliphatic carbocycles. The molecule has 2 amide bonds. The number of amides is 2. The number of fused-ring (bicyclic) bond motifs is 3. The van der Waals surface area contributed by atoms with Crippen molar-refractivity contribution in [1.82, 2.24) is 19.8 Å². The largest absolute Gasteiger partial charge is 0.508 e. The van der Waals surface area contributed by atoms with E-state index in [0.717, 1.165) is 22.4 Å². The number of ether oxygens (including phenoxy) is 1. The normalized spacial score (nSPS) is 17.4. The molecule has 9 heteroatoms. The van der Waals surface area contributed by atoms with Crippen LogP contribution in [0, 0.1) is 0 Å². The minimum atomic E-state index is -0.750. The summed E-state index contributed by atoms with van der Waals surface area (Å²) in [5, 5.41) is 12.7. The third-order valence-electron chi connectivity index (χ3n) is 6.70. The highest BCUT2D eigenvalue weighted by atomic mass is 16.6. The fourth-order valence-electron chi connectivity index (χ4n) is 4.63. The Morgan fingerprint density at radius 1 is 1.18 bits per heavy atom. The summed E-state index contributed by atoms with van der Waals surface area (Å²) in [7, 11) is 3.72. The van der Waals surface area contributed by atoms with Crippen molar-refractivity contribution in [2.24, 2.45) is 0 Å². The third-order valence-corrected chi connectivity index (χ3v) is 6.70. The molecule has 0 fully saturated rings. The molecule has 2 aromatic rings. The number of pyridine rings is 2. The molecule has 0 bridgehead atoms. The number of likely N-dealkylation sites (N-methyl/N-ethyl adjacent to an activating group) is 2. The van der Waals surface area contributed by atoms with Gasteiger partial charge in [-0.2, -0.15) is 0 Å². The van der Waals surface area contributed by atoms with Crippen LogP contribution in [0.1, 0.15) is 48.7 Å². The molecule has 3 heterocycles. The Balaban J connectivity index is 0.00000205. The smallest absolute Gasteiger partial charge is 0.410 e. The van der Waals surface area contributed by atoms with Gasteiger partial charge in [0.15, 0.2) is 0 Å². The lowest BCUT2D eigenvalue weighted by molar-refractivity contribution is -0.120. The van der Waals surface area contributed by atoms with Gasteiger partial charge in [-0.25, -0.2) is 9.78 Å². The Hall–Kier alpha value is -3.98. The van der Waals surface area contributed by atoms with Crippen molar-refractivity contribution in [3.63, 3.8) is 0 Å². The van der Waals surface area contributed by atoms with Crippen molar-refractivity contribution in [1.29, 1.82) is 0 Å². The van der Waals surface area contributed by atoms with E-state index in [-0.39, 0.29) is 17.8 Å². The van der Waals surface area contributed by atoms with E-state index >= 15 is 0 Å². The van der Waals surface area contributed by atoms with Gasteiger partial charge in [-0.1, -0.05) is 18.7 Å². The molecule has 208 valence electrons. The van der Waals surface area contributed by atoms with Crippen LogP contribution in [-0.2, 0) is 27.8 Å². The van der Waals surface area contributed by atoms with Gasteiger partial charge in [-0.05, 0) is 57.5 Å². The summed E-state index contributed by atoms with van der Waals surface area (Å²) in [6.45, 7) is 17.1. The molecule has 39 heavy (non-hydrogen) atoms. The minimum Gasteiger partial charge on any atom is -0.508 e. The van der Waals surface area contributed by atoms with E-state index in [1.807, 2.05) is 52.1 Å². The average molecular weight is 534 g/mol. The molecule has 0 radical (unpaired) electrons. The Kier molecular flexibility index (Phi) is 8.96. The highest BCUT2D eigenvalue weighted by Crippen LogP contribution is 2.46. The topological polar surface area (TPSA) is 108 Å². The lowest BCUT2D eigenvalue weighted by atomic mass is 9.79. The van der Waals surface area contributed by atoms with Gasteiger partial charge in [0, 0.05) is 62.3 Å². The zero-order chi connectivity index (χ0) is 29.0. The number of hydrogen-bond donors (Lipinski definition) is 2. The van der Waals surface area contributed by atoms with E-state index in [4.69, 9.17) is 4.74 Å². The van der Waals surface area contributed by atoms with E-state index in [1.165, 1.54) is 0 Å². The molecule has 2 N–H and O–H groups in total. The molecule has 0 saturated carbocycles. The van der Waals surface area contributed by atoms with Crippen LogP contribution in [-0.4, -0.2) is 76.2 Å². The number of aliphatic hydroxyl groups is 1. The summed E-state index contributed by atoms with van der Waals surface area (Å²) in [5.74, 6) is 0.472. The molecule has 2 aliphatic rings. The third kappa shape index (κ3) is 6.72. The number of nitrogens with one attached hydrogen (secondary N) is 1. The van der Waals surface area contributed by atoms with Crippen LogP contribution < -0.4 is 5.32 Å². The van der Waals surface area contributed by atoms with Crippen molar-refractivity contribution >= 4 is 29.7 Å². The fourth-order valence-corrected chi connectivity index (χ4v) is 4.63. The first-order chi connectivity index (χ1) is 18.4. The van der Waals surface area contributed by atoms with E-state index in [9.17, 15) is 14.7 Å². The van der Waals surface area contributed by atoms with Gasteiger partial charge >= 0.3 is 6.09 Å². The van der Waals surface area contributed by atoms with E-state index in [0.29, 0.717) is 43.9 Å². The number of aliphatic hydroxyl groups excluding tert-OH is 1. The molecule has 2 aromatic heterocycles. The van der Waals surface area contributed by atoms with Crippen molar-refractivity contribution in [3.8, 4) is 0 Å². The van der Waals surface area contributed by atoms with E-state index < -0.39 is 11.0 Å². The number of carbonyl (C=O) groups is 2. The van der Waals surface area contributed by atoms with Gasteiger partial charge in [-0.3, -0.25) is 9.78 Å². The van der Waals surface area contributed by atoms with Crippen molar-refractivity contribution in [3.05, 3.63) is 78.3 Å².